The number of thiophene rings is 1. The summed E-state index contributed by atoms with van der Waals surface area (Å²) in [5.74, 6) is 0.289. The summed E-state index contributed by atoms with van der Waals surface area (Å²) in [7, 11) is 0. The summed E-state index contributed by atoms with van der Waals surface area (Å²) in [4.78, 5) is 0. The Hall–Kier alpha value is -1.84. The molecule has 0 bridgehead atoms. The van der Waals surface area contributed by atoms with E-state index >= 15 is 0 Å². The van der Waals surface area contributed by atoms with Crippen molar-refractivity contribution in [3.8, 4) is 5.75 Å². The Balaban J connectivity index is 2.06. The second-order valence-corrected chi connectivity index (χ2v) is 5.11. The Morgan fingerprint density at radius 3 is 2.50 bits per heavy atom. The van der Waals surface area contributed by atoms with E-state index < -0.39 is 0 Å². The fourth-order valence-corrected chi connectivity index (χ4v) is 2.79. The van der Waals surface area contributed by atoms with Crippen LogP contribution < -0.4 is 5.73 Å². The van der Waals surface area contributed by atoms with E-state index in [1.807, 2.05) is 23.6 Å². The Kier molecular flexibility index (Phi) is 2.78. The minimum absolute atomic E-state index is 0.0885. The topological polar surface area (TPSA) is 46.2 Å². The molecular weight excluding hydrogens is 242 g/mol. The number of phenolic OH excluding ortho intramolecular Hbond substituents is 1. The van der Waals surface area contributed by atoms with E-state index in [1.165, 1.54) is 0 Å². The molecule has 2 aromatic carbocycles. The van der Waals surface area contributed by atoms with Gasteiger partial charge in [0.25, 0.3) is 0 Å². The predicted molar refractivity (Wildman–Crippen MR) is 76.0 cm³/mol. The second kappa shape index (κ2) is 4.44. The molecule has 0 radical (unpaired) electrons. The van der Waals surface area contributed by atoms with Crippen LogP contribution in [0.2, 0.25) is 0 Å². The average molecular weight is 255 g/mol. The fraction of sp³-hybridized carbons (Fsp3) is 0.0667. The van der Waals surface area contributed by atoms with E-state index in [2.05, 4.69) is 17.5 Å². The average Bonchev–Trinajstić information content (AvgIpc) is 2.91. The molecule has 18 heavy (non-hydrogen) atoms. The van der Waals surface area contributed by atoms with Crippen LogP contribution in [0, 0.1) is 0 Å². The minimum Gasteiger partial charge on any atom is -0.508 e. The summed E-state index contributed by atoms with van der Waals surface area (Å²) in [5.41, 5.74) is 8.47. The van der Waals surface area contributed by atoms with E-state index in [1.54, 1.807) is 23.5 Å². The zero-order valence-electron chi connectivity index (χ0n) is 9.71. The lowest BCUT2D eigenvalue weighted by molar-refractivity contribution is 0.476. The molecule has 0 aliphatic heterocycles. The Bertz CT molecular complexity index is 676. The number of hydrogen-bond acceptors (Lipinski definition) is 3. The maximum atomic E-state index is 9.44. The van der Waals surface area contributed by atoms with Crippen LogP contribution >= 0.6 is 11.3 Å². The fourth-order valence-electron chi connectivity index (χ4n) is 2.09. The molecule has 1 atom stereocenters. The van der Waals surface area contributed by atoms with Gasteiger partial charge in [0.2, 0.25) is 0 Å². The first kappa shape index (κ1) is 11.3. The van der Waals surface area contributed by atoms with Crippen LogP contribution in [-0.4, -0.2) is 5.11 Å². The largest absolute Gasteiger partial charge is 0.508 e. The Labute approximate surface area is 109 Å². The van der Waals surface area contributed by atoms with Crippen LogP contribution in [0.3, 0.4) is 0 Å². The number of fused-ring (bicyclic) bond motifs is 1. The van der Waals surface area contributed by atoms with Crippen molar-refractivity contribution in [3.63, 3.8) is 0 Å². The van der Waals surface area contributed by atoms with E-state index in [0.29, 0.717) is 0 Å². The minimum atomic E-state index is -0.0885. The quantitative estimate of drug-likeness (QED) is 0.734. The zero-order valence-corrected chi connectivity index (χ0v) is 10.5. The van der Waals surface area contributed by atoms with Crippen molar-refractivity contribution in [3.05, 3.63) is 64.4 Å². The molecule has 90 valence electrons. The molecule has 0 amide bonds. The van der Waals surface area contributed by atoms with Crippen molar-refractivity contribution in [1.82, 2.24) is 0 Å². The number of phenols is 1. The molecule has 3 aromatic rings. The third kappa shape index (κ3) is 1.98. The summed E-state index contributed by atoms with van der Waals surface area (Å²) in [6.07, 6.45) is 0. The van der Waals surface area contributed by atoms with Crippen LogP contribution in [0.15, 0.2) is 53.2 Å². The standard InChI is InChI=1S/C15H13NOS/c16-15(13-5-6-18-9-13)12-2-1-11-8-14(17)4-3-10(11)7-12/h1-9,15,17H,16H2/t15-/m1/s1. The molecular formula is C15H13NOS. The lowest BCUT2D eigenvalue weighted by atomic mass is 9.99. The van der Waals surface area contributed by atoms with E-state index in [-0.39, 0.29) is 11.8 Å². The number of aromatic hydroxyl groups is 1. The number of benzene rings is 2. The highest BCUT2D eigenvalue weighted by molar-refractivity contribution is 7.08. The lowest BCUT2D eigenvalue weighted by Crippen LogP contribution is -2.10. The van der Waals surface area contributed by atoms with Gasteiger partial charge in [-0.1, -0.05) is 18.2 Å². The van der Waals surface area contributed by atoms with Gasteiger partial charge >= 0.3 is 0 Å². The third-order valence-electron chi connectivity index (χ3n) is 3.11. The second-order valence-electron chi connectivity index (χ2n) is 4.33. The maximum Gasteiger partial charge on any atom is 0.116 e. The zero-order chi connectivity index (χ0) is 12.5. The van der Waals surface area contributed by atoms with Crippen molar-refractivity contribution >= 4 is 22.1 Å². The Morgan fingerprint density at radius 1 is 0.944 bits per heavy atom. The molecule has 1 heterocycles. The molecule has 0 saturated heterocycles. The summed E-state index contributed by atoms with van der Waals surface area (Å²) in [5, 5.41) is 15.7. The monoisotopic (exact) mass is 255 g/mol. The summed E-state index contributed by atoms with van der Waals surface area (Å²) in [6.45, 7) is 0. The predicted octanol–water partition coefficient (Wildman–Crippen LogP) is 3.66. The van der Waals surface area contributed by atoms with Crippen molar-refractivity contribution in [2.45, 2.75) is 6.04 Å². The number of rotatable bonds is 2. The third-order valence-corrected chi connectivity index (χ3v) is 3.81. The number of hydrogen-bond donors (Lipinski definition) is 2. The number of nitrogens with two attached hydrogens (primary N) is 1. The van der Waals surface area contributed by atoms with Gasteiger partial charge in [-0.2, -0.15) is 11.3 Å². The van der Waals surface area contributed by atoms with Gasteiger partial charge in [-0.25, -0.2) is 0 Å². The molecule has 2 nitrogen and oxygen atoms in total. The maximum absolute atomic E-state index is 9.44. The van der Waals surface area contributed by atoms with Crippen LogP contribution in [-0.2, 0) is 0 Å². The molecule has 0 aliphatic rings. The van der Waals surface area contributed by atoms with Crippen molar-refractivity contribution < 1.29 is 5.11 Å². The molecule has 0 spiro atoms. The lowest BCUT2D eigenvalue weighted by Gasteiger charge is -2.11. The van der Waals surface area contributed by atoms with E-state index in [4.69, 9.17) is 5.73 Å². The summed E-state index contributed by atoms with van der Waals surface area (Å²) in [6, 6.07) is 13.4. The molecule has 0 unspecified atom stereocenters. The highest BCUT2D eigenvalue weighted by Gasteiger charge is 2.09. The highest BCUT2D eigenvalue weighted by Crippen LogP contribution is 2.26. The molecule has 3 heteroatoms. The van der Waals surface area contributed by atoms with Crippen molar-refractivity contribution in [2.24, 2.45) is 5.73 Å². The van der Waals surface area contributed by atoms with Gasteiger partial charge in [-0.3, -0.25) is 0 Å². The SMILES string of the molecule is N[C@@H](c1ccsc1)c1ccc2cc(O)ccc2c1. The first-order valence-electron chi connectivity index (χ1n) is 5.74. The summed E-state index contributed by atoms with van der Waals surface area (Å²) < 4.78 is 0. The van der Waals surface area contributed by atoms with Crippen LogP contribution in [0.5, 0.6) is 5.75 Å². The van der Waals surface area contributed by atoms with E-state index in [9.17, 15) is 5.11 Å². The van der Waals surface area contributed by atoms with Gasteiger partial charge in [0.05, 0.1) is 6.04 Å². The van der Waals surface area contributed by atoms with Gasteiger partial charge in [-0.05, 0) is 56.9 Å². The first-order chi connectivity index (χ1) is 8.74. The van der Waals surface area contributed by atoms with E-state index in [0.717, 1.165) is 21.9 Å². The smallest absolute Gasteiger partial charge is 0.116 e. The Morgan fingerprint density at radius 2 is 1.72 bits per heavy atom. The molecule has 3 N–H and O–H groups in total. The molecule has 0 saturated carbocycles. The summed E-state index contributed by atoms with van der Waals surface area (Å²) >= 11 is 1.66. The van der Waals surface area contributed by atoms with Gasteiger partial charge in [-0.15, -0.1) is 0 Å². The van der Waals surface area contributed by atoms with Crippen LogP contribution in [0.25, 0.3) is 10.8 Å². The van der Waals surface area contributed by atoms with Gasteiger partial charge < -0.3 is 10.8 Å². The van der Waals surface area contributed by atoms with Crippen LogP contribution in [0.4, 0.5) is 0 Å². The molecule has 1 aromatic heterocycles. The van der Waals surface area contributed by atoms with Gasteiger partial charge in [0.1, 0.15) is 5.75 Å². The highest BCUT2D eigenvalue weighted by atomic mass is 32.1. The van der Waals surface area contributed by atoms with Crippen molar-refractivity contribution in [1.29, 1.82) is 0 Å². The van der Waals surface area contributed by atoms with Gasteiger partial charge in [0.15, 0.2) is 0 Å². The van der Waals surface area contributed by atoms with Crippen LogP contribution in [0.1, 0.15) is 17.2 Å². The van der Waals surface area contributed by atoms with Gasteiger partial charge in [0, 0.05) is 0 Å². The molecule has 3 rings (SSSR count). The first-order valence-corrected chi connectivity index (χ1v) is 6.69. The van der Waals surface area contributed by atoms with Crippen molar-refractivity contribution in [2.75, 3.05) is 0 Å². The normalized spacial score (nSPS) is 12.7. The molecule has 0 aliphatic carbocycles. The molecule has 0 fully saturated rings.